The van der Waals surface area contributed by atoms with E-state index in [-0.39, 0.29) is 0 Å². The molecule has 0 aromatic heterocycles. The van der Waals surface area contributed by atoms with E-state index in [4.69, 9.17) is 10.5 Å². The molecule has 0 spiro atoms. The van der Waals surface area contributed by atoms with E-state index in [1.807, 2.05) is 0 Å². The molecule has 2 fully saturated rings. The highest BCUT2D eigenvalue weighted by atomic mass is 16.5. The number of nitrogens with two attached hydrogens (primary N) is 1. The van der Waals surface area contributed by atoms with Crippen molar-refractivity contribution in [1.82, 2.24) is 4.90 Å². The Hall–Kier alpha value is -0.120. The third-order valence-corrected chi connectivity index (χ3v) is 5.19. The summed E-state index contributed by atoms with van der Waals surface area (Å²) >= 11 is 0. The molecule has 0 aliphatic carbocycles. The van der Waals surface area contributed by atoms with Crippen LogP contribution in [0.15, 0.2) is 0 Å². The Kier molecular flexibility index (Phi) is 4.45. The lowest BCUT2D eigenvalue weighted by Crippen LogP contribution is -2.45. The minimum Gasteiger partial charge on any atom is -0.381 e. The smallest absolute Gasteiger partial charge is 0.0510 e. The summed E-state index contributed by atoms with van der Waals surface area (Å²) in [7, 11) is 0. The van der Waals surface area contributed by atoms with E-state index >= 15 is 0 Å². The Bertz CT molecular complexity index is 234. The van der Waals surface area contributed by atoms with Crippen LogP contribution in [-0.4, -0.2) is 43.8 Å². The molecular weight excluding hydrogens is 212 g/mol. The van der Waals surface area contributed by atoms with Gasteiger partial charge in [0.1, 0.15) is 0 Å². The molecule has 2 aliphatic heterocycles. The molecule has 0 aromatic carbocycles. The van der Waals surface area contributed by atoms with Gasteiger partial charge in [0.25, 0.3) is 0 Å². The second-order valence-electron chi connectivity index (χ2n) is 5.85. The van der Waals surface area contributed by atoms with Crippen LogP contribution in [0.25, 0.3) is 0 Å². The van der Waals surface area contributed by atoms with E-state index in [1.165, 1.54) is 38.8 Å². The molecule has 2 atom stereocenters. The van der Waals surface area contributed by atoms with Crippen molar-refractivity contribution in [3.05, 3.63) is 0 Å². The second-order valence-corrected chi connectivity index (χ2v) is 5.85. The number of likely N-dealkylation sites (tertiary alicyclic amines) is 1. The maximum atomic E-state index is 6.01. The van der Waals surface area contributed by atoms with Crippen molar-refractivity contribution in [1.29, 1.82) is 0 Å². The zero-order chi connectivity index (χ0) is 12.3. The highest BCUT2D eigenvalue weighted by molar-refractivity contribution is 4.93. The molecule has 0 aromatic rings. The van der Waals surface area contributed by atoms with Crippen LogP contribution >= 0.6 is 0 Å². The largest absolute Gasteiger partial charge is 0.381 e. The average Bonchev–Trinajstić information content (AvgIpc) is 3.00. The average molecular weight is 240 g/mol. The molecule has 2 N–H and O–H groups in total. The standard InChI is InChI=1S/C14H28N2O/c1-3-14(4-2)6-7-16(11-14)13(9-15)12-5-8-17-10-12/h12-13H,3-11,15H2,1-2H3. The van der Waals surface area contributed by atoms with Gasteiger partial charge in [0.15, 0.2) is 0 Å². The number of hydrogen-bond donors (Lipinski definition) is 1. The summed E-state index contributed by atoms with van der Waals surface area (Å²) in [5.74, 6) is 0.671. The molecular formula is C14H28N2O. The van der Waals surface area contributed by atoms with E-state index in [0.717, 1.165) is 19.8 Å². The van der Waals surface area contributed by atoms with Crippen molar-refractivity contribution in [2.75, 3.05) is 32.8 Å². The number of hydrogen-bond acceptors (Lipinski definition) is 3. The van der Waals surface area contributed by atoms with E-state index in [2.05, 4.69) is 18.7 Å². The second kappa shape index (κ2) is 5.68. The Labute approximate surface area is 106 Å². The molecule has 3 nitrogen and oxygen atoms in total. The van der Waals surface area contributed by atoms with Gasteiger partial charge in [-0.15, -0.1) is 0 Å². The van der Waals surface area contributed by atoms with Crippen LogP contribution in [0.3, 0.4) is 0 Å². The van der Waals surface area contributed by atoms with Gasteiger partial charge in [0.2, 0.25) is 0 Å². The van der Waals surface area contributed by atoms with E-state index in [1.54, 1.807) is 0 Å². The van der Waals surface area contributed by atoms with Crippen LogP contribution in [0.2, 0.25) is 0 Å². The molecule has 17 heavy (non-hydrogen) atoms. The van der Waals surface area contributed by atoms with Crippen LogP contribution in [0.4, 0.5) is 0 Å². The molecule has 0 saturated carbocycles. The topological polar surface area (TPSA) is 38.5 Å². The van der Waals surface area contributed by atoms with Gasteiger partial charge in [-0.1, -0.05) is 13.8 Å². The minimum atomic E-state index is 0.553. The zero-order valence-electron chi connectivity index (χ0n) is 11.5. The summed E-state index contributed by atoms with van der Waals surface area (Å²) in [6.07, 6.45) is 5.16. The van der Waals surface area contributed by atoms with Crippen molar-refractivity contribution >= 4 is 0 Å². The number of nitrogens with zero attached hydrogens (tertiary/aromatic N) is 1. The Balaban J connectivity index is 1.97. The molecule has 2 rings (SSSR count). The number of ether oxygens (including phenoxy) is 1. The summed E-state index contributed by atoms with van der Waals surface area (Å²) in [4.78, 5) is 2.65. The van der Waals surface area contributed by atoms with Crippen molar-refractivity contribution < 1.29 is 4.74 Å². The fraction of sp³-hybridized carbons (Fsp3) is 1.00. The molecule has 0 radical (unpaired) electrons. The van der Waals surface area contributed by atoms with Gasteiger partial charge in [0, 0.05) is 31.7 Å². The van der Waals surface area contributed by atoms with Gasteiger partial charge in [0.05, 0.1) is 6.61 Å². The van der Waals surface area contributed by atoms with E-state index in [0.29, 0.717) is 17.4 Å². The lowest BCUT2D eigenvalue weighted by atomic mass is 9.82. The monoisotopic (exact) mass is 240 g/mol. The third-order valence-electron chi connectivity index (χ3n) is 5.19. The van der Waals surface area contributed by atoms with E-state index < -0.39 is 0 Å². The van der Waals surface area contributed by atoms with Crippen LogP contribution in [0.5, 0.6) is 0 Å². The van der Waals surface area contributed by atoms with Gasteiger partial charge < -0.3 is 10.5 Å². The van der Waals surface area contributed by atoms with Crippen molar-refractivity contribution in [3.8, 4) is 0 Å². The molecule has 2 heterocycles. The van der Waals surface area contributed by atoms with Crippen LogP contribution in [-0.2, 0) is 4.74 Å². The summed E-state index contributed by atoms with van der Waals surface area (Å²) in [6.45, 7) is 9.80. The Morgan fingerprint density at radius 1 is 1.41 bits per heavy atom. The molecule has 2 saturated heterocycles. The van der Waals surface area contributed by atoms with Crippen molar-refractivity contribution in [2.45, 2.75) is 45.6 Å². The third kappa shape index (κ3) is 2.67. The molecule has 100 valence electrons. The Morgan fingerprint density at radius 2 is 2.18 bits per heavy atom. The lowest BCUT2D eigenvalue weighted by molar-refractivity contribution is 0.126. The molecule has 3 heteroatoms. The van der Waals surface area contributed by atoms with Crippen LogP contribution in [0.1, 0.15) is 39.5 Å². The molecule has 2 aliphatic rings. The fourth-order valence-electron chi connectivity index (χ4n) is 3.58. The Morgan fingerprint density at radius 3 is 2.65 bits per heavy atom. The summed E-state index contributed by atoms with van der Waals surface area (Å²) in [5.41, 5.74) is 6.57. The first-order chi connectivity index (χ1) is 8.24. The first kappa shape index (κ1) is 13.3. The van der Waals surface area contributed by atoms with Crippen LogP contribution < -0.4 is 5.73 Å². The molecule has 0 amide bonds. The summed E-state index contributed by atoms with van der Waals surface area (Å²) in [5, 5.41) is 0. The summed E-state index contributed by atoms with van der Waals surface area (Å²) in [6, 6.07) is 0.553. The highest BCUT2D eigenvalue weighted by Gasteiger charge is 2.40. The lowest BCUT2D eigenvalue weighted by Gasteiger charge is -2.33. The van der Waals surface area contributed by atoms with Gasteiger partial charge >= 0.3 is 0 Å². The summed E-state index contributed by atoms with van der Waals surface area (Å²) < 4.78 is 5.52. The zero-order valence-corrected chi connectivity index (χ0v) is 11.5. The highest BCUT2D eigenvalue weighted by Crippen LogP contribution is 2.39. The number of rotatable bonds is 5. The normalized spacial score (nSPS) is 30.9. The van der Waals surface area contributed by atoms with Gasteiger partial charge in [-0.2, -0.15) is 0 Å². The maximum absolute atomic E-state index is 6.01. The predicted molar refractivity (Wildman–Crippen MR) is 71.0 cm³/mol. The van der Waals surface area contributed by atoms with Gasteiger partial charge in [-0.25, -0.2) is 0 Å². The van der Waals surface area contributed by atoms with Gasteiger partial charge in [-0.05, 0) is 37.6 Å². The molecule has 0 bridgehead atoms. The van der Waals surface area contributed by atoms with Crippen molar-refractivity contribution in [3.63, 3.8) is 0 Å². The fourth-order valence-corrected chi connectivity index (χ4v) is 3.58. The SMILES string of the molecule is CCC1(CC)CCN(C(CN)C2CCOC2)C1. The van der Waals surface area contributed by atoms with Crippen LogP contribution in [0, 0.1) is 11.3 Å². The quantitative estimate of drug-likeness (QED) is 0.797. The van der Waals surface area contributed by atoms with Gasteiger partial charge in [-0.3, -0.25) is 4.90 Å². The first-order valence-corrected chi connectivity index (χ1v) is 7.26. The maximum Gasteiger partial charge on any atom is 0.0510 e. The minimum absolute atomic E-state index is 0.553. The van der Waals surface area contributed by atoms with Crippen molar-refractivity contribution in [2.24, 2.45) is 17.1 Å². The predicted octanol–water partition coefficient (Wildman–Crippen LogP) is 1.86. The molecule has 2 unspecified atom stereocenters. The first-order valence-electron chi connectivity index (χ1n) is 7.26. The van der Waals surface area contributed by atoms with E-state index in [9.17, 15) is 0 Å².